The number of hydrogen-bond donors (Lipinski definition) is 1. The Kier molecular flexibility index (Phi) is 8.30. The Morgan fingerprint density at radius 3 is 1.73 bits per heavy atom. The van der Waals surface area contributed by atoms with E-state index in [2.05, 4.69) is 17.9 Å². The van der Waals surface area contributed by atoms with Gasteiger partial charge in [-0.2, -0.15) is 4.79 Å². The van der Waals surface area contributed by atoms with Crippen LogP contribution in [-0.4, -0.2) is 30.0 Å². The molecule has 4 nitrogen and oxygen atoms in total. The van der Waals surface area contributed by atoms with Crippen molar-refractivity contribution in [2.45, 2.75) is 26.9 Å². The molecule has 0 bridgehead atoms. The Bertz CT molecular complexity index is 169. The minimum atomic E-state index is -0.833. The van der Waals surface area contributed by atoms with Crippen LogP contribution in [0.1, 0.15) is 13.8 Å². The van der Waals surface area contributed by atoms with Crippen molar-refractivity contribution in [1.29, 1.82) is 0 Å². The first-order valence-corrected chi connectivity index (χ1v) is 6.18. The molecule has 0 saturated carbocycles. The normalized spacial score (nSPS) is 7.73. The number of hydrogen-bond acceptors (Lipinski definition) is 1. The van der Waals surface area contributed by atoms with E-state index in [9.17, 15) is 0 Å². The van der Waals surface area contributed by atoms with Crippen LogP contribution >= 0.6 is 0 Å². The Morgan fingerprint density at radius 2 is 1.73 bits per heavy atom. The number of rotatable bonds is 1. The summed E-state index contributed by atoms with van der Waals surface area (Å²) in [5, 5.41) is 8.33. The van der Waals surface area contributed by atoms with Crippen molar-refractivity contribution in [3.63, 3.8) is 0 Å². The largest absolute Gasteiger partial charge is 0.481 e. The molecule has 0 rings (SSSR count). The molecule has 0 aliphatic heterocycles. The Morgan fingerprint density at radius 1 is 1.45 bits per heavy atom. The van der Waals surface area contributed by atoms with E-state index in [4.69, 9.17) is 15.4 Å². The lowest BCUT2D eigenvalue weighted by Gasteiger charge is -1.83. The Balaban J connectivity index is 0. The third-order valence-corrected chi connectivity index (χ3v) is 2.78. The first-order chi connectivity index (χ1) is 4.91. The van der Waals surface area contributed by atoms with E-state index in [1.54, 1.807) is 0 Å². The van der Waals surface area contributed by atoms with Gasteiger partial charge in [-0.05, 0) is 0 Å². The number of carboxylic acid groups (broad SMARTS) is 1. The van der Waals surface area contributed by atoms with Crippen LogP contribution in [0.2, 0.25) is 13.1 Å². The van der Waals surface area contributed by atoms with E-state index >= 15 is 0 Å². The zero-order chi connectivity index (χ0) is 9.44. The number of nitrogens with zero attached hydrogens (tertiary/aromatic N) is 2. The number of carboxylic acids is 1. The standard InChI is InChI=1S/C4H10N2Si.C2H4O2/c1-4(6-5)7(2)3;1-2(3)4/h7H,1-3H3;1H3,(H,3,4). The van der Waals surface area contributed by atoms with Crippen LogP contribution in [0, 0.1) is 0 Å². The van der Waals surface area contributed by atoms with Gasteiger partial charge in [0.1, 0.15) is 0 Å². The van der Waals surface area contributed by atoms with Crippen LogP contribution in [-0.2, 0) is 4.79 Å². The van der Waals surface area contributed by atoms with Gasteiger partial charge < -0.3 is 10.6 Å². The van der Waals surface area contributed by atoms with Gasteiger partial charge in [0.25, 0.3) is 5.97 Å². The van der Waals surface area contributed by atoms with Crippen LogP contribution in [0.3, 0.4) is 0 Å². The molecule has 0 heterocycles. The summed E-state index contributed by atoms with van der Waals surface area (Å²) < 4.78 is 0. The highest BCUT2D eigenvalue weighted by Gasteiger charge is 2.05. The van der Waals surface area contributed by atoms with Gasteiger partial charge in [0.2, 0.25) is 5.33 Å². The zero-order valence-corrected chi connectivity index (χ0v) is 8.48. The maximum absolute atomic E-state index is 9.00. The fraction of sp³-hybridized carbons (Fsp3) is 0.667. The molecule has 0 aromatic rings. The lowest BCUT2D eigenvalue weighted by Crippen LogP contribution is -2.14. The molecule has 0 aliphatic carbocycles. The van der Waals surface area contributed by atoms with E-state index in [-0.39, 0.29) is 0 Å². The maximum atomic E-state index is 9.00. The summed E-state index contributed by atoms with van der Waals surface area (Å²) in [6.07, 6.45) is 0. The van der Waals surface area contributed by atoms with Crippen molar-refractivity contribution < 1.29 is 14.7 Å². The molecule has 0 unspecified atom stereocenters. The molecule has 0 saturated heterocycles. The molecule has 0 atom stereocenters. The van der Waals surface area contributed by atoms with Crippen molar-refractivity contribution in [3.05, 3.63) is 5.53 Å². The lowest BCUT2D eigenvalue weighted by molar-refractivity contribution is -0.134. The average Bonchev–Trinajstić information content (AvgIpc) is 1.85. The molecular weight excluding hydrogens is 160 g/mol. The lowest BCUT2D eigenvalue weighted by atomic mass is 10.9. The molecule has 0 fully saturated rings. The minimum absolute atomic E-state index is 0.765. The summed E-state index contributed by atoms with van der Waals surface area (Å²) in [7, 11) is -0.765. The van der Waals surface area contributed by atoms with E-state index in [1.165, 1.54) is 0 Å². The van der Waals surface area contributed by atoms with Crippen molar-refractivity contribution in [1.82, 2.24) is 0 Å². The van der Waals surface area contributed by atoms with Gasteiger partial charge in [-0.1, -0.05) is 13.1 Å². The summed E-state index contributed by atoms with van der Waals surface area (Å²) in [5.41, 5.74) is 8.13. The predicted octanol–water partition coefficient (Wildman–Crippen LogP) is 0.794. The molecule has 0 aliphatic rings. The zero-order valence-electron chi connectivity index (χ0n) is 7.33. The summed E-state index contributed by atoms with van der Waals surface area (Å²) in [4.78, 5) is 12.1. The van der Waals surface area contributed by atoms with Gasteiger partial charge in [0, 0.05) is 13.8 Å². The van der Waals surface area contributed by atoms with Crippen LogP contribution in [0.4, 0.5) is 0 Å². The fourth-order valence-corrected chi connectivity index (χ4v) is 0.346. The van der Waals surface area contributed by atoms with E-state index < -0.39 is 14.8 Å². The van der Waals surface area contributed by atoms with Crippen LogP contribution in [0.5, 0.6) is 0 Å². The smallest absolute Gasteiger partial charge is 0.300 e. The predicted molar refractivity (Wildman–Crippen MR) is 46.5 cm³/mol. The Hall–Kier alpha value is -0.933. The second-order valence-corrected chi connectivity index (χ2v) is 5.56. The molecular formula is C6H14N2O2Si. The second-order valence-electron chi connectivity index (χ2n) is 2.42. The van der Waals surface area contributed by atoms with Crippen molar-refractivity contribution in [3.8, 4) is 0 Å². The molecule has 5 heteroatoms. The molecule has 0 spiro atoms. The third-order valence-electron chi connectivity index (χ3n) is 0.993. The highest BCUT2D eigenvalue weighted by Crippen LogP contribution is 1.77. The minimum Gasteiger partial charge on any atom is -0.481 e. The molecule has 0 aromatic heterocycles. The molecule has 0 radical (unpaired) electrons. The van der Waals surface area contributed by atoms with E-state index in [0.717, 1.165) is 12.3 Å². The first-order valence-electron chi connectivity index (χ1n) is 3.29. The van der Waals surface area contributed by atoms with Crippen molar-refractivity contribution >= 4 is 20.1 Å². The molecule has 1 N–H and O–H groups in total. The summed E-state index contributed by atoms with van der Waals surface area (Å²) in [5.74, 6) is -0.833. The quantitative estimate of drug-likeness (QED) is 0.276. The number of carbonyl (C=O) groups is 1. The van der Waals surface area contributed by atoms with E-state index in [1.807, 2.05) is 6.92 Å². The summed E-state index contributed by atoms with van der Waals surface area (Å²) in [6.45, 7) is 7.18. The van der Waals surface area contributed by atoms with Gasteiger partial charge in [-0.3, -0.25) is 4.79 Å². The van der Waals surface area contributed by atoms with Crippen molar-refractivity contribution in [2.24, 2.45) is 0 Å². The second kappa shape index (κ2) is 7.18. The monoisotopic (exact) mass is 174 g/mol. The topological polar surface area (TPSA) is 73.7 Å². The summed E-state index contributed by atoms with van der Waals surface area (Å²) in [6, 6.07) is 0. The molecule has 64 valence electrons. The van der Waals surface area contributed by atoms with Gasteiger partial charge in [0.05, 0.1) is 0 Å². The molecule has 0 aromatic carbocycles. The van der Waals surface area contributed by atoms with Crippen LogP contribution < -0.4 is 0 Å². The van der Waals surface area contributed by atoms with E-state index in [0.29, 0.717) is 0 Å². The Labute approximate surface area is 68.1 Å². The van der Waals surface area contributed by atoms with Crippen LogP contribution in [0.25, 0.3) is 5.53 Å². The highest BCUT2D eigenvalue weighted by atomic mass is 28.3. The van der Waals surface area contributed by atoms with Gasteiger partial charge in [0.15, 0.2) is 8.80 Å². The number of aliphatic carboxylic acids is 1. The average molecular weight is 174 g/mol. The van der Waals surface area contributed by atoms with Gasteiger partial charge in [-0.25, -0.2) is 0 Å². The first kappa shape index (κ1) is 12.7. The van der Waals surface area contributed by atoms with Gasteiger partial charge in [-0.15, -0.1) is 0 Å². The molecule has 11 heavy (non-hydrogen) atoms. The third kappa shape index (κ3) is 17.6. The van der Waals surface area contributed by atoms with Crippen molar-refractivity contribution in [2.75, 3.05) is 0 Å². The van der Waals surface area contributed by atoms with Gasteiger partial charge >= 0.3 is 0 Å². The fourth-order valence-electron chi connectivity index (χ4n) is 0.115. The summed E-state index contributed by atoms with van der Waals surface area (Å²) >= 11 is 0. The molecule has 0 amide bonds. The van der Waals surface area contributed by atoms with Crippen LogP contribution in [0.15, 0.2) is 0 Å². The SMILES string of the molecule is CC(=O)O.CC(=[N+]=[N-])[SiH](C)C. The maximum Gasteiger partial charge on any atom is 0.300 e. The highest BCUT2D eigenvalue weighted by molar-refractivity contribution is 6.87.